The summed E-state index contributed by atoms with van der Waals surface area (Å²) in [6, 6.07) is 14.9. The van der Waals surface area contributed by atoms with Crippen LogP contribution < -0.4 is 5.32 Å². The van der Waals surface area contributed by atoms with E-state index in [9.17, 15) is 4.79 Å². The Morgan fingerprint density at radius 2 is 1.96 bits per heavy atom. The van der Waals surface area contributed by atoms with Crippen molar-refractivity contribution in [2.24, 2.45) is 0 Å². The van der Waals surface area contributed by atoms with Gasteiger partial charge in [0.05, 0.1) is 5.69 Å². The summed E-state index contributed by atoms with van der Waals surface area (Å²) in [4.78, 5) is 12.0. The predicted octanol–water partition coefficient (Wildman–Crippen LogP) is 4.79. The molecule has 2 aromatic carbocycles. The normalized spacial score (nSPS) is 10.8. The molecule has 7 heteroatoms. The van der Waals surface area contributed by atoms with Crippen molar-refractivity contribution in [2.75, 3.05) is 6.61 Å². The van der Waals surface area contributed by atoms with E-state index >= 15 is 0 Å². The van der Waals surface area contributed by atoms with Gasteiger partial charge in [-0.1, -0.05) is 58.7 Å². The maximum atomic E-state index is 12.0. The summed E-state index contributed by atoms with van der Waals surface area (Å²) >= 11 is 12.3. The van der Waals surface area contributed by atoms with Gasteiger partial charge in [0, 0.05) is 28.2 Å². The largest absolute Gasteiger partial charge is 0.364 e. The van der Waals surface area contributed by atoms with Gasteiger partial charge in [-0.2, -0.15) is 0 Å². The number of nitrogens with zero attached hydrogens (tertiary/aromatic N) is 1. The fourth-order valence-corrected chi connectivity index (χ4v) is 3.13. The molecule has 0 bridgehead atoms. The van der Waals surface area contributed by atoms with Crippen molar-refractivity contribution in [3.8, 4) is 11.1 Å². The molecule has 3 rings (SSSR count). The van der Waals surface area contributed by atoms with Gasteiger partial charge in [0.1, 0.15) is 13.2 Å². The van der Waals surface area contributed by atoms with Crippen LogP contribution in [0.5, 0.6) is 0 Å². The predicted molar refractivity (Wildman–Crippen MR) is 105 cm³/mol. The van der Waals surface area contributed by atoms with E-state index in [-0.39, 0.29) is 19.1 Å². The third-order valence-corrected chi connectivity index (χ3v) is 4.42. The number of hydrogen-bond acceptors (Lipinski definition) is 4. The van der Waals surface area contributed by atoms with Crippen LogP contribution >= 0.6 is 23.2 Å². The van der Waals surface area contributed by atoms with Crippen LogP contribution in [0.15, 0.2) is 53.1 Å². The van der Waals surface area contributed by atoms with Crippen molar-refractivity contribution < 1.29 is 14.1 Å². The van der Waals surface area contributed by atoms with Crippen LogP contribution in [0.4, 0.5) is 0 Å². The van der Waals surface area contributed by atoms with E-state index in [0.717, 1.165) is 22.4 Å². The van der Waals surface area contributed by atoms with Crippen molar-refractivity contribution in [3.05, 3.63) is 75.6 Å². The fraction of sp³-hybridized carbons (Fsp3) is 0.200. The summed E-state index contributed by atoms with van der Waals surface area (Å²) in [6.45, 7) is 2.32. The molecule has 0 aliphatic heterocycles. The Kier molecular flexibility index (Phi) is 6.50. The van der Waals surface area contributed by atoms with Crippen LogP contribution in [-0.2, 0) is 22.7 Å². The Bertz CT molecular complexity index is 940. The number of halogens is 2. The average molecular weight is 405 g/mol. The quantitative estimate of drug-likeness (QED) is 0.614. The number of hydrogen-bond donors (Lipinski definition) is 1. The fourth-order valence-electron chi connectivity index (χ4n) is 2.62. The first-order valence-electron chi connectivity index (χ1n) is 8.33. The molecule has 0 unspecified atom stereocenters. The monoisotopic (exact) mass is 404 g/mol. The number of aromatic nitrogens is 1. The number of aryl methyl sites for hydroxylation is 1. The maximum absolute atomic E-state index is 12.0. The number of carbonyl (C=O) groups excluding carboxylic acids is 1. The van der Waals surface area contributed by atoms with Gasteiger partial charge in [0.2, 0.25) is 5.91 Å². The van der Waals surface area contributed by atoms with E-state index < -0.39 is 0 Å². The molecule has 0 radical (unpaired) electrons. The molecule has 0 aliphatic carbocycles. The molecule has 0 spiro atoms. The Morgan fingerprint density at radius 3 is 2.70 bits per heavy atom. The molecule has 1 aromatic heterocycles. The highest BCUT2D eigenvalue weighted by Gasteiger charge is 2.10. The second-order valence-electron chi connectivity index (χ2n) is 5.99. The SMILES string of the molecule is Cc1cc(COCC(=O)NCc2ccccc2-c2ccc(Cl)cc2Cl)on1. The van der Waals surface area contributed by atoms with Crippen LogP contribution in [-0.4, -0.2) is 17.7 Å². The summed E-state index contributed by atoms with van der Waals surface area (Å²) in [5.41, 5.74) is 3.52. The minimum absolute atomic E-state index is 0.0659. The summed E-state index contributed by atoms with van der Waals surface area (Å²) in [5, 5.41) is 7.76. The van der Waals surface area contributed by atoms with Gasteiger partial charge in [0.15, 0.2) is 5.76 Å². The number of benzene rings is 2. The lowest BCUT2D eigenvalue weighted by Gasteiger charge is -2.12. The Balaban J connectivity index is 1.58. The summed E-state index contributed by atoms with van der Waals surface area (Å²) in [7, 11) is 0. The molecular weight excluding hydrogens is 387 g/mol. The number of amides is 1. The first-order valence-corrected chi connectivity index (χ1v) is 9.08. The highest BCUT2D eigenvalue weighted by molar-refractivity contribution is 6.36. The number of nitrogens with one attached hydrogen (secondary N) is 1. The van der Waals surface area contributed by atoms with Crippen molar-refractivity contribution in [2.45, 2.75) is 20.1 Å². The average Bonchev–Trinajstić information content (AvgIpc) is 3.06. The molecule has 3 aromatic rings. The van der Waals surface area contributed by atoms with Crippen molar-refractivity contribution in [1.82, 2.24) is 10.5 Å². The highest BCUT2D eigenvalue weighted by Crippen LogP contribution is 2.32. The maximum Gasteiger partial charge on any atom is 0.246 e. The number of rotatable bonds is 7. The van der Waals surface area contributed by atoms with E-state index in [1.54, 1.807) is 18.2 Å². The van der Waals surface area contributed by atoms with Crippen molar-refractivity contribution >= 4 is 29.1 Å². The zero-order chi connectivity index (χ0) is 19.2. The lowest BCUT2D eigenvalue weighted by Crippen LogP contribution is -2.27. The molecule has 27 heavy (non-hydrogen) atoms. The molecular formula is C20H18Cl2N2O3. The van der Waals surface area contributed by atoms with Gasteiger partial charge < -0.3 is 14.6 Å². The van der Waals surface area contributed by atoms with Gasteiger partial charge in [-0.25, -0.2) is 0 Å². The van der Waals surface area contributed by atoms with Gasteiger partial charge >= 0.3 is 0 Å². The summed E-state index contributed by atoms with van der Waals surface area (Å²) in [6.07, 6.45) is 0. The molecule has 0 fully saturated rings. The zero-order valence-electron chi connectivity index (χ0n) is 14.7. The standard InChI is InChI=1S/C20H18Cl2N2O3/c1-13-8-16(27-24-13)11-26-12-20(25)23-10-14-4-2-3-5-17(14)18-7-6-15(21)9-19(18)22/h2-9H,10-12H2,1H3,(H,23,25). The molecule has 0 saturated carbocycles. The van der Waals surface area contributed by atoms with Gasteiger partial charge in [-0.3, -0.25) is 4.79 Å². The third kappa shape index (κ3) is 5.32. The first-order chi connectivity index (χ1) is 13.0. The molecule has 5 nitrogen and oxygen atoms in total. The molecule has 0 saturated heterocycles. The second-order valence-corrected chi connectivity index (χ2v) is 6.83. The Hall–Kier alpha value is -2.34. The van der Waals surface area contributed by atoms with Crippen molar-refractivity contribution in [1.29, 1.82) is 0 Å². The smallest absolute Gasteiger partial charge is 0.246 e. The molecule has 0 atom stereocenters. The molecule has 1 amide bonds. The highest BCUT2D eigenvalue weighted by atomic mass is 35.5. The molecule has 0 aliphatic rings. The van der Waals surface area contributed by atoms with Crippen LogP contribution in [0.2, 0.25) is 10.0 Å². The second kappa shape index (κ2) is 9.04. The number of ether oxygens (including phenoxy) is 1. The minimum Gasteiger partial charge on any atom is -0.364 e. The van der Waals surface area contributed by atoms with Crippen LogP contribution in [0.25, 0.3) is 11.1 Å². The van der Waals surface area contributed by atoms with E-state index in [2.05, 4.69) is 10.5 Å². The van der Waals surface area contributed by atoms with E-state index in [1.807, 2.05) is 37.3 Å². The van der Waals surface area contributed by atoms with Crippen LogP contribution in [0, 0.1) is 6.92 Å². The summed E-state index contributed by atoms with van der Waals surface area (Å²) < 4.78 is 10.4. The first kappa shape index (κ1) is 19.4. The molecule has 1 N–H and O–H groups in total. The third-order valence-electron chi connectivity index (χ3n) is 3.87. The zero-order valence-corrected chi connectivity index (χ0v) is 16.2. The van der Waals surface area contributed by atoms with E-state index in [4.69, 9.17) is 32.5 Å². The van der Waals surface area contributed by atoms with Gasteiger partial charge in [-0.15, -0.1) is 0 Å². The molecule has 140 valence electrons. The Labute approximate surface area is 167 Å². The van der Waals surface area contributed by atoms with Gasteiger partial charge in [0.25, 0.3) is 0 Å². The van der Waals surface area contributed by atoms with Crippen LogP contribution in [0.1, 0.15) is 17.0 Å². The Morgan fingerprint density at radius 1 is 1.15 bits per heavy atom. The van der Waals surface area contributed by atoms with E-state index in [1.165, 1.54) is 0 Å². The molecule has 1 heterocycles. The topological polar surface area (TPSA) is 64.4 Å². The lowest BCUT2D eigenvalue weighted by atomic mass is 9.99. The van der Waals surface area contributed by atoms with Crippen molar-refractivity contribution in [3.63, 3.8) is 0 Å². The summed E-state index contributed by atoms with van der Waals surface area (Å²) in [5.74, 6) is 0.367. The minimum atomic E-state index is -0.219. The number of carbonyl (C=O) groups is 1. The van der Waals surface area contributed by atoms with E-state index in [0.29, 0.717) is 22.4 Å². The lowest BCUT2D eigenvalue weighted by molar-refractivity contribution is -0.126. The van der Waals surface area contributed by atoms with Gasteiger partial charge in [-0.05, 0) is 30.2 Å². The van der Waals surface area contributed by atoms with Crippen LogP contribution in [0.3, 0.4) is 0 Å².